The lowest BCUT2D eigenvalue weighted by molar-refractivity contribution is -0.298. The Morgan fingerprint density at radius 2 is 1.28 bits per heavy atom. The van der Waals surface area contributed by atoms with Gasteiger partial charge in [-0.3, -0.25) is 4.39 Å². The quantitative estimate of drug-likeness (QED) is 0.716. The van der Waals surface area contributed by atoms with Crippen LogP contribution in [0.15, 0.2) is 0 Å². The van der Waals surface area contributed by atoms with Crippen molar-refractivity contribution in [3.63, 3.8) is 0 Å². The highest BCUT2D eigenvalue weighted by molar-refractivity contribution is 4.86. The fourth-order valence-corrected chi connectivity index (χ4v) is 2.44. The van der Waals surface area contributed by atoms with Gasteiger partial charge in [-0.1, -0.05) is 0 Å². The van der Waals surface area contributed by atoms with Gasteiger partial charge in [-0.05, 0) is 25.2 Å². The Kier molecular flexibility index (Phi) is 4.94. The minimum atomic E-state index is -3.52. The maximum atomic E-state index is 13.4. The summed E-state index contributed by atoms with van der Waals surface area (Å²) in [4.78, 5) is 0. The summed E-state index contributed by atoms with van der Waals surface area (Å²) in [7, 11) is 1.62. The highest BCUT2D eigenvalue weighted by Crippen LogP contribution is 2.47. The van der Waals surface area contributed by atoms with Crippen molar-refractivity contribution in [1.29, 1.82) is 0 Å². The molecule has 0 spiro atoms. The van der Waals surface area contributed by atoms with Gasteiger partial charge < -0.3 is 9.47 Å². The van der Waals surface area contributed by atoms with Crippen molar-refractivity contribution in [2.75, 3.05) is 20.9 Å². The number of rotatable bonds is 5. The maximum absolute atomic E-state index is 13.4. The van der Waals surface area contributed by atoms with Crippen molar-refractivity contribution in [2.45, 2.75) is 31.5 Å². The Morgan fingerprint density at radius 1 is 0.889 bits per heavy atom. The van der Waals surface area contributed by atoms with Crippen LogP contribution >= 0.6 is 0 Å². The zero-order valence-electron chi connectivity index (χ0n) is 10.3. The maximum Gasteiger partial charge on any atom is 0.358 e. The van der Waals surface area contributed by atoms with E-state index in [1.165, 1.54) is 0 Å². The predicted molar refractivity (Wildman–Crippen MR) is 54.2 cm³/mol. The van der Waals surface area contributed by atoms with E-state index in [0.29, 0.717) is 0 Å². The first-order valence-electron chi connectivity index (χ1n) is 5.68. The molecule has 1 rings (SSSR count). The van der Waals surface area contributed by atoms with Crippen LogP contribution in [-0.4, -0.2) is 33.1 Å². The van der Waals surface area contributed by atoms with Gasteiger partial charge in [0.15, 0.2) is 0 Å². The van der Waals surface area contributed by atoms with E-state index in [9.17, 15) is 22.0 Å². The van der Waals surface area contributed by atoms with Crippen molar-refractivity contribution in [2.24, 2.45) is 17.8 Å². The van der Waals surface area contributed by atoms with E-state index in [0.717, 1.165) is 14.2 Å². The lowest BCUT2D eigenvalue weighted by Gasteiger charge is -2.39. The van der Waals surface area contributed by atoms with Crippen molar-refractivity contribution < 1.29 is 31.4 Å². The molecule has 0 bridgehead atoms. The second-order valence-electron chi connectivity index (χ2n) is 4.65. The van der Waals surface area contributed by atoms with Crippen LogP contribution in [0, 0.1) is 17.8 Å². The minimum Gasteiger partial charge on any atom is -0.324 e. The molecule has 0 heterocycles. The smallest absolute Gasteiger partial charge is 0.324 e. The molecule has 1 fully saturated rings. The average molecular weight is 276 g/mol. The Balaban J connectivity index is 2.84. The number of halogens is 5. The van der Waals surface area contributed by atoms with Crippen LogP contribution in [0.5, 0.6) is 0 Å². The van der Waals surface area contributed by atoms with Gasteiger partial charge in [0.05, 0.1) is 18.5 Å². The van der Waals surface area contributed by atoms with E-state index in [-0.39, 0.29) is 12.8 Å². The SMILES string of the molecule is COC(F)(F)C1CC(CF)CC(C(F)(F)OC)C1. The second kappa shape index (κ2) is 5.69. The molecule has 0 N–H and O–H groups in total. The van der Waals surface area contributed by atoms with Crippen molar-refractivity contribution >= 4 is 0 Å². The molecule has 0 aliphatic heterocycles. The van der Waals surface area contributed by atoms with Crippen LogP contribution in [0.3, 0.4) is 0 Å². The Morgan fingerprint density at radius 3 is 1.56 bits per heavy atom. The number of hydrogen-bond acceptors (Lipinski definition) is 2. The van der Waals surface area contributed by atoms with Gasteiger partial charge in [0.1, 0.15) is 0 Å². The second-order valence-corrected chi connectivity index (χ2v) is 4.65. The van der Waals surface area contributed by atoms with Gasteiger partial charge in [0.2, 0.25) is 0 Å². The molecule has 0 amide bonds. The van der Waals surface area contributed by atoms with Crippen LogP contribution in [0.25, 0.3) is 0 Å². The first kappa shape index (κ1) is 15.6. The summed E-state index contributed by atoms with van der Waals surface area (Å²) >= 11 is 0. The van der Waals surface area contributed by atoms with Gasteiger partial charge >= 0.3 is 12.2 Å². The molecule has 108 valence electrons. The topological polar surface area (TPSA) is 18.5 Å². The predicted octanol–water partition coefficient (Wildman–Crippen LogP) is 3.47. The average Bonchev–Trinajstić information content (AvgIpc) is 2.38. The Bertz CT molecular complexity index is 248. The molecule has 0 aromatic rings. The lowest BCUT2D eigenvalue weighted by atomic mass is 9.74. The molecule has 7 heteroatoms. The number of hydrogen-bond donors (Lipinski definition) is 0. The molecule has 0 saturated heterocycles. The third-order valence-electron chi connectivity index (χ3n) is 3.52. The normalized spacial score (nSPS) is 30.5. The third kappa shape index (κ3) is 3.32. The largest absolute Gasteiger partial charge is 0.358 e. The zero-order chi connectivity index (χ0) is 14.0. The Labute approximate surface area is 102 Å². The van der Waals surface area contributed by atoms with Crippen molar-refractivity contribution in [3.8, 4) is 0 Å². The number of ether oxygens (including phenoxy) is 2. The molecule has 2 nitrogen and oxygen atoms in total. The lowest BCUT2D eigenvalue weighted by Crippen LogP contribution is -2.43. The van der Waals surface area contributed by atoms with Gasteiger partial charge in [-0.2, -0.15) is 17.6 Å². The molecule has 0 aromatic heterocycles. The summed E-state index contributed by atoms with van der Waals surface area (Å²) in [6.45, 7) is -0.896. The van der Waals surface area contributed by atoms with E-state index in [4.69, 9.17) is 0 Å². The summed E-state index contributed by atoms with van der Waals surface area (Å²) in [5.41, 5.74) is 0. The standard InChI is InChI=1S/C11H17F5O2/c1-17-10(13,14)8-3-7(6-12)4-9(5-8)11(15,16)18-2/h7-9H,3-6H2,1-2H3. The number of methoxy groups -OCH3 is 2. The molecule has 2 atom stereocenters. The third-order valence-corrected chi connectivity index (χ3v) is 3.52. The molecule has 1 aliphatic carbocycles. The van der Waals surface area contributed by atoms with Gasteiger partial charge in [-0.15, -0.1) is 0 Å². The minimum absolute atomic E-state index is 0.159. The van der Waals surface area contributed by atoms with E-state index in [1.54, 1.807) is 0 Å². The van der Waals surface area contributed by atoms with E-state index < -0.39 is 43.1 Å². The molecule has 0 radical (unpaired) electrons. The van der Waals surface area contributed by atoms with Crippen molar-refractivity contribution in [1.82, 2.24) is 0 Å². The highest BCUT2D eigenvalue weighted by atomic mass is 19.3. The fourth-order valence-electron chi connectivity index (χ4n) is 2.44. The molecular weight excluding hydrogens is 259 g/mol. The van der Waals surface area contributed by atoms with Gasteiger partial charge in [0.25, 0.3) is 0 Å². The van der Waals surface area contributed by atoms with Crippen LogP contribution in [0.1, 0.15) is 19.3 Å². The monoisotopic (exact) mass is 276 g/mol. The van der Waals surface area contributed by atoms with Gasteiger partial charge in [-0.25, -0.2) is 0 Å². The van der Waals surface area contributed by atoms with Gasteiger partial charge in [0, 0.05) is 14.2 Å². The summed E-state index contributed by atoms with van der Waals surface area (Å²) < 4.78 is 74.2. The van der Waals surface area contributed by atoms with Crippen LogP contribution < -0.4 is 0 Å². The number of alkyl halides is 5. The molecule has 18 heavy (non-hydrogen) atoms. The highest BCUT2D eigenvalue weighted by Gasteiger charge is 2.51. The fraction of sp³-hybridized carbons (Fsp3) is 1.00. The molecule has 1 aliphatic rings. The summed E-state index contributed by atoms with van der Waals surface area (Å²) in [5, 5.41) is 0. The van der Waals surface area contributed by atoms with Crippen LogP contribution in [-0.2, 0) is 9.47 Å². The molecule has 2 unspecified atom stereocenters. The molecular formula is C11H17F5O2. The zero-order valence-corrected chi connectivity index (χ0v) is 10.3. The molecule has 1 saturated carbocycles. The summed E-state index contributed by atoms with van der Waals surface area (Å²) in [5.74, 6) is -3.64. The van der Waals surface area contributed by atoms with Crippen molar-refractivity contribution in [3.05, 3.63) is 0 Å². The van der Waals surface area contributed by atoms with Crippen LogP contribution in [0.4, 0.5) is 22.0 Å². The Hall–Kier alpha value is -0.430. The molecule has 0 aromatic carbocycles. The van der Waals surface area contributed by atoms with E-state index in [1.807, 2.05) is 0 Å². The van der Waals surface area contributed by atoms with E-state index in [2.05, 4.69) is 9.47 Å². The first-order chi connectivity index (χ1) is 8.26. The summed E-state index contributed by atoms with van der Waals surface area (Å²) in [6.07, 6.45) is -7.80. The summed E-state index contributed by atoms with van der Waals surface area (Å²) in [6, 6.07) is 0. The van der Waals surface area contributed by atoms with E-state index >= 15 is 0 Å². The first-order valence-corrected chi connectivity index (χ1v) is 5.68. The van der Waals surface area contributed by atoms with Crippen LogP contribution in [0.2, 0.25) is 0 Å².